The van der Waals surface area contributed by atoms with Crippen molar-refractivity contribution in [3.63, 3.8) is 0 Å². The molecule has 7 heteroatoms. The van der Waals surface area contributed by atoms with Gasteiger partial charge in [-0.25, -0.2) is 14.7 Å². The van der Waals surface area contributed by atoms with Gasteiger partial charge in [-0.2, -0.15) is 0 Å². The number of pyridine rings is 1. The van der Waals surface area contributed by atoms with Crippen molar-refractivity contribution in [2.75, 3.05) is 4.90 Å². The number of amides is 1. The number of alkyl halides is 1. The molecule has 1 N–H and O–H groups in total. The second-order valence-electron chi connectivity index (χ2n) is 7.07. The van der Waals surface area contributed by atoms with Crippen LogP contribution < -0.4 is 4.90 Å². The normalized spacial score (nSPS) is 13.6. The molecule has 1 heterocycles. The molecule has 0 saturated carbocycles. The van der Waals surface area contributed by atoms with Gasteiger partial charge in [0.15, 0.2) is 0 Å². The van der Waals surface area contributed by atoms with Crippen LogP contribution in [0.1, 0.15) is 47.1 Å². The zero-order valence-corrected chi connectivity index (χ0v) is 16.0. The summed E-state index contributed by atoms with van der Waals surface area (Å²) in [6.07, 6.45) is -0.619. The lowest BCUT2D eigenvalue weighted by atomic mass is 10.2. The SMILES string of the molecule is CC(C)(C)OC(=O)N(c1ccc(CBr)cn1)C(O)OC(C)(C)C. The maximum absolute atomic E-state index is 12.5. The summed E-state index contributed by atoms with van der Waals surface area (Å²) in [6, 6.07) is 3.44. The van der Waals surface area contributed by atoms with Gasteiger partial charge in [0.05, 0.1) is 5.60 Å². The van der Waals surface area contributed by atoms with E-state index in [0.717, 1.165) is 10.5 Å². The summed E-state index contributed by atoms with van der Waals surface area (Å²) in [6.45, 7) is 10.6. The fraction of sp³-hybridized carbons (Fsp3) is 0.625. The third kappa shape index (κ3) is 6.85. The van der Waals surface area contributed by atoms with Crippen LogP contribution in [0, 0.1) is 0 Å². The topological polar surface area (TPSA) is 71.9 Å². The molecule has 1 unspecified atom stereocenters. The van der Waals surface area contributed by atoms with E-state index in [-0.39, 0.29) is 5.82 Å². The molecule has 1 atom stereocenters. The molecule has 0 spiro atoms. The van der Waals surface area contributed by atoms with Gasteiger partial charge in [0, 0.05) is 11.5 Å². The van der Waals surface area contributed by atoms with Gasteiger partial charge in [0.2, 0.25) is 6.41 Å². The van der Waals surface area contributed by atoms with E-state index in [1.807, 2.05) is 0 Å². The Morgan fingerprint density at radius 3 is 2.26 bits per heavy atom. The molecule has 1 aromatic heterocycles. The number of halogens is 1. The van der Waals surface area contributed by atoms with Gasteiger partial charge < -0.3 is 14.6 Å². The van der Waals surface area contributed by atoms with Crippen molar-refractivity contribution in [1.82, 2.24) is 4.98 Å². The molecule has 0 bridgehead atoms. The van der Waals surface area contributed by atoms with Gasteiger partial charge in [-0.3, -0.25) is 0 Å². The van der Waals surface area contributed by atoms with Crippen molar-refractivity contribution < 1.29 is 19.4 Å². The largest absolute Gasteiger partial charge is 0.443 e. The van der Waals surface area contributed by atoms with Crippen molar-refractivity contribution >= 4 is 27.8 Å². The van der Waals surface area contributed by atoms with Gasteiger partial charge in [-0.15, -0.1) is 0 Å². The minimum atomic E-state index is -1.51. The van der Waals surface area contributed by atoms with E-state index in [1.54, 1.807) is 59.9 Å². The van der Waals surface area contributed by atoms with Crippen LogP contribution in [0.4, 0.5) is 10.6 Å². The third-order valence-electron chi connectivity index (χ3n) is 2.48. The fourth-order valence-corrected chi connectivity index (χ4v) is 1.95. The first-order valence-corrected chi connectivity index (χ1v) is 8.44. The lowest BCUT2D eigenvalue weighted by Gasteiger charge is -2.33. The Bertz CT molecular complexity index is 520. The number of aliphatic hydroxyl groups excluding tert-OH is 1. The third-order valence-corrected chi connectivity index (χ3v) is 3.13. The number of hydrogen-bond donors (Lipinski definition) is 1. The Hall–Kier alpha value is -1.18. The van der Waals surface area contributed by atoms with Gasteiger partial charge in [-0.1, -0.05) is 22.0 Å². The van der Waals surface area contributed by atoms with Gasteiger partial charge >= 0.3 is 6.09 Å². The molecular weight excluding hydrogens is 364 g/mol. The fourth-order valence-electron chi connectivity index (χ4n) is 1.62. The number of nitrogens with zero attached hydrogens (tertiary/aromatic N) is 2. The average molecular weight is 389 g/mol. The summed E-state index contributed by atoms with van der Waals surface area (Å²) in [7, 11) is 0. The maximum Gasteiger partial charge on any atom is 0.420 e. The summed E-state index contributed by atoms with van der Waals surface area (Å²) in [5.41, 5.74) is -0.397. The van der Waals surface area contributed by atoms with Crippen molar-refractivity contribution in [3.8, 4) is 0 Å². The van der Waals surface area contributed by atoms with Gasteiger partial charge in [-0.05, 0) is 53.2 Å². The van der Waals surface area contributed by atoms with E-state index < -0.39 is 23.7 Å². The minimum absolute atomic E-state index is 0.251. The van der Waals surface area contributed by atoms with Gasteiger partial charge in [0.1, 0.15) is 11.4 Å². The molecule has 1 aromatic rings. The van der Waals surface area contributed by atoms with E-state index in [2.05, 4.69) is 20.9 Å². The quantitative estimate of drug-likeness (QED) is 0.626. The number of aliphatic hydroxyl groups is 1. The number of aromatic nitrogens is 1. The number of rotatable bonds is 4. The molecule has 0 aliphatic heterocycles. The van der Waals surface area contributed by atoms with E-state index in [4.69, 9.17) is 9.47 Å². The first kappa shape index (κ1) is 19.9. The molecule has 130 valence electrons. The zero-order chi connectivity index (χ0) is 17.8. The van der Waals surface area contributed by atoms with Crippen LogP contribution in [-0.4, -0.2) is 33.8 Å². The highest BCUT2D eigenvalue weighted by molar-refractivity contribution is 9.08. The highest BCUT2D eigenvalue weighted by atomic mass is 79.9. The van der Waals surface area contributed by atoms with E-state index >= 15 is 0 Å². The average Bonchev–Trinajstić information content (AvgIpc) is 2.35. The summed E-state index contributed by atoms with van der Waals surface area (Å²) < 4.78 is 10.8. The molecular formula is C16H25BrN2O4. The second kappa shape index (κ2) is 7.59. The zero-order valence-electron chi connectivity index (χ0n) is 14.5. The highest BCUT2D eigenvalue weighted by Crippen LogP contribution is 2.22. The van der Waals surface area contributed by atoms with Crippen LogP contribution in [-0.2, 0) is 14.8 Å². The number of hydrogen-bond acceptors (Lipinski definition) is 5. The summed E-state index contributed by atoms with van der Waals surface area (Å²) in [4.78, 5) is 17.7. The van der Waals surface area contributed by atoms with E-state index in [0.29, 0.717) is 5.33 Å². The molecule has 0 aliphatic carbocycles. The Morgan fingerprint density at radius 2 is 1.87 bits per heavy atom. The highest BCUT2D eigenvalue weighted by Gasteiger charge is 2.32. The minimum Gasteiger partial charge on any atom is -0.443 e. The summed E-state index contributed by atoms with van der Waals surface area (Å²) >= 11 is 3.34. The molecule has 0 aliphatic rings. The van der Waals surface area contributed by atoms with Crippen molar-refractivity contribution in [2.24, 2.45) is 0 Å². The van der Waals surface area contributed by atoms with Crippen LogP contribution >= 0.6 is 15.9 Å². The lowest BCUT2D eigenvalue weighted by Crippen LogP contribution is -2.48. The van der Waals surface area contributed by atoms with Crippen molar-refractivity contribution in [1.29, 1.82) is 0 Å². The molecule has 1 amide bonds. The predicted molar refractivity (Wildman–Crippen MR) is 92.4 cm³/mol. The molecule has 0 saturated heterocycles. The number of carbonyl (C=O) groups is 1. The molecule has 6 nitrogen and oxygen atoms in total. The molecule has 0 radical (unpaired) electrons. The molecule has 1 rings (SSSR count). The predicted octanol–water partition coefficient (Wildman–Crippen LogP) is 3.81. The maximum atomic E-state index is 12.5. The Balaban J connectivity index is 3.11. The molecule has 23 heavy (non-hydrogen) atoms. The van der Waals surface area contributed by atoms with Crippen LogP contribution in [0.15, 0.2) is 18.3 Å². The van der Waals surface area contributed by atoms with E-state index in [1.165, 1.54) is 0 Å². The summed E-state index contributed by atoms with van der Waals surface area (Å²) in [5.74, 6) is 0.251. The number of carbonyl (C=O) groups excluding carboxylic acids is 1. The molecule has 0 aromatic carbocycles. The lowest BCUT2D eigenvalue weighted by molar-refractivity contribution is -0.163. The van der Waals surface area contributed by atoms with Crippen LogP contribution in [0.25, 0.3) is 0 Å². The number of anilines is 1. The van der Waals surface area contributed by atoms with Crippen molar-refractivity contribution in [2.45, 2.75) is 64.5 Å². The Kier molecular flexibility index (Phi) is 6.56. The Morgan fingerprint density at radius 1 is 1.26 bits per heavy atom. The first-order valence-electron chi connectivity index (χ1n) is 7.32. The second-order valence-corrected chi connectivity index (χ2v) is 7.63. The molecule has 0 fully saturated rings. The smallest absolute Gasteiger partial charge is 0.420 e. The van der Waals surface area contributed by atoms with Gasteiger partial charge in [0.25, 0.3) is 0 Å². The van der Waals surface area contributed by atoms with Crippen molar-refractivity contribution in [3.05, 3.63) is 23.9 Å². The van der Waals surface area contributed by atoms with Crippen LogP contribution in [0.5, 0.6) is 0 Å². The monoisotopic (exact) mass is 388 g/mol. The summed E-state index contributed by atoms with van der Waals surface area (Å²) in [5, 5.41) is 11.0. The first-order chi connectivity index (χ1) is 10.4. The van der Waals surface area contributed by atoms with Crippen LogP contribution in [0.2, 0.25) is 0 Å². The standard InChI is InChI=1S/C16H25BrN2O4/c1-15(2,3)22-13(20)19(14(21)23-16(4,5)6)12-8-7-11(9-17)10-18-12/h7-8,10,13,20H,9H2,1-6H3. The van der Waals surface area contributed by atoms with Crippen LogP contribution in [0.3, 0.4) is 0 Å². The van der Waals surface area contributed by atoms with E-state index in [9.17, 15) is 9.90 Å². The Labute approximate surface area is 145 Å². The number of ether oxygens (including phenoxy) is 2.